The standard InChI is InChI=1S/C24H32N8O4/c1-4-7-24(2,3)36-23(35)31-10-8-30(9-11-31)18-13-19(26-16-5-6-16)32-20(28-18)15(14-25-32)12-17-21(33)29-22(34)27-17/h12-14,16,33H,4-11H2,1-3H3,(H2,27,29,34). The number of nitrogens with one attached hydrogen (secondary N) is 2. The third-order valence-corrected chi connectivity index (χ3v) is 6.44. The van der Waals surface area contributed by atoms with Crippen molar-refractivity contribution in [2.45, 2.75) is 58.1 Å². The van der Waals surface area contributed by atoms with Crippen molar-refractivity contribution < 1.29 is 14.6 Å². The highest BCUT2D eigenvalue weighted by Gasteiger charge is 2.29. The molecular formula is C24H32N8O4. The average Bonchev–Trinajstić information content (AvgIpc) is 3.46. The summed E-state index contributed by atoms with van der Waals surface area (Å²) in [6.45, 7) is 8.23. The van der Waals surface area contributed by atoms with E-state index >= 15 is 0 Å². The molecule has 36 heavy (non-hydrogen) atoms. The number of imidazole rings is 1. The summed E-state index contributed by atoms with van der Waals surface area (Å²) in [5, 5.41) is 15.1. The van der Waals surface area contributed by atoms with Gasteiger partial charge < -0.3 is 24.6 Å². The molecule has 12 heteroatoms. The fourth-order valence-electron chi connectivity index (χ4n) is 4.42. The minimum Gasteiger partial charge on any atom is -0.493 e. The van der Waals surface area contributed by atoms with Crippen molar-refractivity contribution in [3.8, 4) is 5.88 Å². The van der Waals surface area contributed by atoms with Gasteiger partial charge in [-0.15, -0.1) is 0 Å². The Hall–Kier alpha value is -3.83. The number of amides is 1. The SMILES string of the molecule is CCCC(C)(C)OC(=O)N1CCN(c2cc(=NC3CC3)n3ncc(=Cc4[nH]c(=O)[nH]c4O)c3n2)CC1. The van der Waals surface area contributed by atoms with Crippen molar-refractivity contribution in [3.63, 3.8) is 0 Å². The highest BCUT2D eigenvalue weighted by atomic mass is 16.6. The molecule has 4 heterocycles. The molecule has 3 aromatic heterocycles. The number of aromatic nitrogens is 5. The van der Waals surface area contributed by atoms with Gasteiger partial charge in [-0.25, -0.2) is 14.6 Å². The maximum absolute atomic E-state index is 12.7. The molecule has 0 unspecified atom stereocenters. The number of carbonyl (C=O) groups is 1. The maximum Gasteiger partial charge on any atom is 0.410 e. The summed E-state index contributed by atoms with van der Waals surface area (Å²) in [6.07, 6.45) is 6.83. The third-order valence-electron chi connectivity index (χ3n) is 6.44. The van der Waals surface area contributed by atoms with Gasteiger partial charge in [0.25, 0.3) is 0 Å². The van der Waals surface area contributed by atoms with Gasteiger partial charge in [0.15, 0.2) is 11.1 Å². The Labute approximate surface area is 207 Å². The molecule has 1 aliphatic heterocycles. The first-order chi connectivity index (χ1) is 17.2. The van der Waals surface area contributed by atoms with Crippen molar-refractivity contribution >= 4 is 23.6 Å². The summed E-state index contributed by atoms with van der Waals surface area (Å²) in [7, 11) is 0. The van der Waals surface area contributed by atoms with E-state index in [1.54, 1.807) is 21.7 Å². The van der Waals surface area contributed by atoms with E-state index in [2.05, 4.69) is 26.9 Å². The topological polar surface area (TPSA) is 144 Å². The number of piperazine rings is 1. The molecule has 0 spiro atoms. The maximum atomic E-state index is 12.7. The lowest BCUT2D eigenvalue weighted by molar-refractivity contribution is 0.00734. The monoisotopic (exact) mass is 496 g/mol. The molecule has 0 radical (unpaired) electrons. The Morgan fingerprint density at radius 2 is 2.03 bits per heavy atom. The van der Waals surface area contributed by atoms with Gasteiger partial charge in [0.1, 0.15) is 17.1 Å². The zero-order chi connectivity index (χ0) is 25.4. The molecule has 2 aliphatic rings. The summed E-state index contributed by atoms with van der Waals surface area (Å²) < 4.78 is 7.41. The first kappa shape index (κ1) is 23.9. The fraction of sp³-hybridized carbons (Fsp3) is 0.542. The van der Waals surface area contributed by atoms with E-state index in [-0.39, 0.29) is 23.7 Å². The van der Waals surface area contributed by atoms with Crippen LogP contribution in [0.2, 0.25) is 0 Å². The van der Waals surface area contributed by atoms with E-state index in [9.17, 15) is 14.7 Å². The van der Waals surface area contributed by atoms with Crippen LogP contribution in [0.5, 0.6) is 5.88 Å². The molecule has 0 aromatic carbocycles. The van der Waals surface area contributed by atoms with Crippen molar-refractivity contribution in [1.29, 1.82) is 0 Å². The molecule has 1 amide bonds. The number of ether oxygens (including phenoxy) is 1. The zero-order valence-electron chi connectivity index (χ0n) is 20.8. The molecule has 0 bridgehead atoms. The number of nitrogens with zero attached hydrogens (tertiary/aromatic N) is 6. The second-order valence-corrected chi connectivity index (χ2v) is 10.0. The second kappa shape index (κ2) is 9.32. The number of aromatic hydroxyl groups is 1. The smallest absolute Gasteiger partial charge is 0.410 e. The summed E-state index contributed by atoms with van der Waals surface area (Å²) in [5.41, 5.74) is 0.536. The quantitative estimate of drug-likeness (QED) is 0.460. The lowest BCUT2D eigenvalue weighted by Gasteiger charge is -2.36. The second-order valence-electron chi connectivity index (χ2n) is 10.0. The van der Waals surface area contributed by atoms with Gasteiger partial charge in [-0.3, -0.25) is 9.98 Å². The Morgan fingerprint density at radius 1 is 1.28 bits per heavy atom. The first-order valence-electron chi connectivity index (χ1n) is 12.4. The Bertz CT molecular complexity index is 1440. The molecular weight excluding hydrogens is 464 g/mol. The van der Waals surface area contributed by atoms with Crippen LogP contribution in [0.4, 0.5) is 10.6 Å². The third kappa shape index (κ3) is 5.07. The van der Waals surface area contributed by atoms with Crippen LogP contribution in [0.3, 0.4) is 0 Å². The predicted octanol–water partition coefficient (Wildman–Crippen LogP) is 0.899. The molecule has 1 aliphatic carbocycles. The van der Waals surface area contributed by atoms with Crippen LogP contribution in [0.1, 0.15) is 52.1 Å². The van der Waals surface area contributed by atoms with Crippen molar-refractivity contribution in [3.05, 3.63) is 39.1 Å². The summed E-state index contributed by atoms with van der Waals surface area (Å²) in [6, 6.07) is 2.21. The van der Waals surface area contributed by atoms with Crippen LogP contribution in [0, 0.1) is 0 Å². The van der Waals surface area contributed by atoms with E-state index in [1.165, 1.54) is 0 Å². The van der Waals surface area contributed by atoms with Crippen molar-refractivity contribution in [2.24, 2.45) is 4.99 Å². The molecule has 1 saturated heterocycles. The number of anilines is 1. The highest BCUT2D eigenvalue weighted by molar-refractivity contribution is 5.68. The van der Waals surface area contributed by atoms with Crippen LogP contribution in [-0.2, 0) is 4.74 Å². The fourth-order valence-corrected chi connectivity index (χ4v) is 4.42. The van der Waals surface area contributed by atoms with Crippen molar-refractivity contribution in [2.75, 3.05) is 31.1 Å². The Balaban J connectivity index is 1.43. The molecule has 2 fully saturated rings. The number of hydrogen-bond donors (Lipinski definition) is 3. The van der Waals surface area contributed by atoms with Gasteiger partial charge in [-0.2, -0.15) is 9.61 Å². The summed E-state index contributed by atoms with van der Waals surface area (Å²) >= 11 is 0. The van der Waals surface area contributed by atoms with E-state index < -0.39 is 11.3 Å². The summed E-state index contributed by atoms with van der Waals surface area (Å²) in [5.74, 6) is 0.492. The predicted molar refractivity (Wildman–Crippen MR) is 133 cm³/mol. The van der Waals surface area contributed by atoms with Crippen LogP contribution >= 0.6 is 0 Å². The molecule has 0 atom stereocenters. The van der Waals surface area contributed by atoms with E-state index in [4.69, 9.17) is 14.7 Å². The van der Waals surface area contributed by atoms with Gasteiger partial charge in [-0.05, 0) is 39.2 Å². The van der Waals surface area contributed by atoms with E-state index in [0.717, 1.165) is 31.5 Å². The number of hydrogen-bond acceptors (Lipinski definition) is 8. The minimum absolute atomic E-state index is 0.247. The lowest BCUT2D eigenvalue weighted by atomic mass is 10.0. The average molecular weight is 497 g/mol. The number of fused-ring (bicyclic) bond motifs is 1. The lowest BCUT2D eigenvalue weighted by Crippen LogP contribution is -2.50. The number of rotatable bonds is 6. The molecule has 1 saturated carbocycles. The largest absolute Gasteiger partial charge is 0.493 e. The van der Waals surface area contributed by atoms with Gasteiger partial charge in [-0.1, -0.05) is 13.3 Å². The number of aromatic amines is 2. The number of carbonyl (C=O) groups excluding carboxylic acids is 1. The van der Waals surface area contributed by atoms with Crippen LogP contribution in [-0.4, -0.2) is 78.5 Å². The molecule has 3 N–H and O–H groups in total. The molecule has 12 nitrogen and oxygen atoms in total. The van der Waals surface area contributed by atoms with Gasteiger partial charge in [0.2, 0.25) is 5.88 Å². The van der Waals surface area contributed by atoms with Gasteiger partial charge in [0, 0.05) is 37.5 Å². The molecule has 3 aromatic rings. The Morgan fingerprint density at radius 3 is 2.67 bits per heavy atom. The van der Waals surface area contributed by atoms with Crippen LogP contribution < -0.4 is 21.3 Å². The van der Waals surface area contributed by atoms with Gasteiger partial charge >= 0.3 is 11.8 Å². The normalized spacial score (nSPS) is 17.9. The summed E-state index contributed by atoms with van der Waals surface area (Å²) in [4.78, 5) is 42.6. The molecule has 5 rings (SSSR count). The zero-order valence-corrected chi connectivity index (χ0v) is 20.8. The first-order valence-corrected chi connectivity index (χ1v) is 12.4. The van der Waals surface area contributed by atoms with E-state index in [1.807, 2.05) is 19.9 Å². The van der Waals surface area contributed by atoms with Gasteiger partial charge in [0.05, 0.1) is 12.2 Å². The number of H-pyrrole nitrogens is 2. The van der Waals surface area contributed by atoms with Crippen LogP contribution in [0.25, 0.3) is 11.7 Å². The molecule has 192 valence electrons. The van der Waals surface area contributed by atoms with Crippen LogP contribution in [0.15, 0.2) is 22.1 Å². The van der Waals surface area contributed by atoms with Crippen molar-refractivity contribution in [1.82, 2.24) is 29.5 Å². The highest BCUT2D eigenvalue weighted by Crippen LogP contribution is 2.23. The minimum atomic E-state index is -0.497. The van der Waals surface area contributed by atoms with E-state index in [0.29, 0.717) is 42.5 Å². The Kier molecular flexibility index (Phi) is 6.19.